The molecule has 2 rings (SSSR count). The minimum Gasteiger partial charge on any atom is -0.373 e. The Kier molecular flexibility index (Phi) is 3.05. The van der Waals surface area contributed by atoms with Gasteiger partial charge >= 0.3 is 0 Å². The summed E-state index contributed by atoms with van der Waals surface area (Å²) in [6, 6.07) is 0. The lowest BCUT2D eigenvalue weighted by atomic mass is 10.1. The van der Waals surface area contributed by atoms with Crippen molar-refractivity contribution in [1.82, 2.24) is 15.0 Å². The van der Waals surface area contributed by atoms with E-state index in [1.54, 1.807) is 7.11 Å². The highest BCUT2D eigenvalue weighted by molar-refractivity contribution is 5.20. The lowest BCUT2D eigenvalue weighted by Gasteiger charge is -2.18. The summed E-state index contributed by atoms with van der Waals surface area (Å²) in [5.74, 6) is 2.58. The maximum absolute atomic E-state index is 5.70. The molecule has 1 aliphatic rings. The van der Waals surface area contributed by atoms with Crippen molar-refractivity contribution in [3.63, 3.8) is 0 Å². The van der Waals surface area contributed by atoms with E-state index < -0.39 is 0 Å². The molecule has 1 aliphatic carbocycles. The predicted molar refractivity (Wildman–Crippen MR) is 60.8 cm³/mol. The van der Waals surface area contributed by atoms with Crippen LogP contribution in [0.5, 0.6) is 0 Å². The average molecular weight is 222 g/mol. The normalized spacial score (nSPS) is 17.8. The molecule has 1 atom stereocenters. The summed E-state index contributed by atoms with van der Waals surface area (Å²) >= 11 is 0. The fraction of sp³-hybridized carbons (Fsp3) is 0.727. The molecule has 0 spiro atoms. The fourth-order valence-electron chi connectivity index (χ4n) is 1.75. The van der Waals surface area contributed by atoms with Crippen molar-refractivity contribution in [2.75, 3.05) is 12.8 Å². The molecule has 5 heteroatoms. The SMILES string of the molecule is COC(c1nc(N)nc(C2CC2)n1)C(C)C. The Labute approximate surface area is 95.5 Å². The van der Waals surface area contributed by atoms with Gasteiger partial charge in [0.2, 0.25) is 5.95 Å². The molecule has 0 aliphatic heterocycles. The summed E-state index contributed by atoms with van der Waals surface area (Å²) in [5, 5.41) is 0. The first-order chi connectivity index (χ1) is 7.61. The smallest absolute Gasteiger partial charge is 0.223 e. The number of anilines is 1. The lowest BCUT2D eigenvalue weighted by Crippen LogP contribution is -2.16. The largest absolute Gasteiger partial charge is 0.373 e. The van der Waals surface area contributed by atoms with Crippen LogP contribution in [0.1, 0.15) is 50.4 Å². The number of hydrogen-bond donors (Lipinski definition) is 1. The van der Waals surface area contributed by atoms with E-state index in [-0.39, 0.29) is 6.10 Å². The monoisotopic (exact) mass is 222 g/mol. The molecule has 1 heterocycles. The highest BCUT2D eigenvalue weighted by atomic mass is 16.5. The molecule has 5 nitrogen and oxygen atoms in total. The van der Waals surface area contributed by atoms with Gasteiger partial charge in [-0.15, -0.1) is 0 Å². The predicted octanol–water partition coefficient (Wildman–Crippen LogP) is 1.67. The van der Waals surface area contributed by atoms with E-state index in [0.717, 1.165) is 18.7 Å². The number of nitrogens with zero attached hydrogens (tertiary/aromatic N) is 3. The van der Waals surface area contributed by atoms with Gasteiger partial charge in [0.25, 0.3) is 0 Å². The molecule has 2 N–H and O–H groups in total. The Hall–Kier alpha value is -1.23. The van der Waals surface area contributed by atoms with Gasteiger partial charge in [-0.1, -0.05) is 13.8 Å². The zero-order valence-electron chi connectivity index (χ0n) is 9.97. The third-order valence-electron chi connectivity index (χ3n) is 2.74. The lowest BCUT2D eigenvalue weighted by molar-refractivity contribution is 0.0572. The van der Waals surface area contributed by atoms with Gasteiger partial charge < -0.3 is 10.5 Å². The highest BCUT2D eigenvalue weighted by Crippen LogP contribution is 2.38. The molecular weight excluding hydrogens is 204 g/mol. The van der Waals surface area contributed by atoms with Crippen molar-refractivity contribution >= 4 is 5.95 Å². The third kappa shape index (κ3) is 2.29. The van der Waals surface area contributed by atoms with Crippen molar-refractivity contribution in [2.45, 2.75) is 38.7 Å². The van der Waals surface area contributed by atoms with Crippen LogP contribution in [0.2, 0.25) is 0 Å². The summed E-state index contributed by atoms with van der Waals surface area (Å²) < 4.78 is 5.40. The molecule has 1 fully saturated rings. The van der Waals surface area contributed by atoms with Gasteiger partial charge in [0, 0.05) is 13.0 Å². The van der Waals surface area contributed by atoms with Gasteiger partial charge in [-0.3, -0.25) is 0 Å². The van der Waals surface area contributed by atoms with E-state index in [4.69, 9.17) is 10.5 Å². The summed E-state index contributed by atoms with van der Waals surface area (Å²) in [6.45, 7) is 4.15. The van der Waals surface area contributed by atoms with Gasteiger partial charge in [0.1, 0.15) is 11.9 Å². The number of aromatic nitrogens is 3. The first-order valence-corrected chi connectivity index (χ1v) is 5.66. The van der Waals surface area contributed by atoms with E-state index >= 15 is 0 Å². The Morgan fingerprint density at radius 1 is 1.25 bits per heavy atom. The molecule has 1 unspecified atom stereocenters. The van der Waals surface area contributed by atoms with Crippen LogP contribution in [0.15, 0.2) is 0 Å². The zero-order chi connectivity index (χ0) is 11.7. The van der Waals surface area contributed by atoms with Gasteiger partial charge in [-0.05, 0) is 18.8 Å². The Balaban J connectivity index is 2.31. The molecule has 0 radical (unpaired) electrons. The molecule has 0 bridgehead atoms. The van der Waals surface area contributed by atoms with Crippen LogP contribution in [-0.4, -0.2) is 22.1 Å². The molecule has 1 aromatic rings. The minimum atomic E-state index is -0.109. The van der Waals surface area contributed by atoms with E-state index in [0.29, 0.717) is 23.6 Å². The fourth-order valence-corrected chi connectivity index (χ4v) is 1.75. The Morgan fingerprint density at radius 3 is 2.44 bits per heavy atom. The second-order valence-corrected chi connectivity index (χ2v) is 4.58. The third-order valence-corrected chi connectivity index (χ3v) is 2.74. The number of ether oxygens (including phenoxy) is 1. The van der Waals surface area contributed by atoms with Crippen molar-refractivity contribution in [3.05, 3.63) is 11.6 Å². The Morgan fingerprint density at radius 2 is 1.94 bits per heavy atom. The number of methoxy groups -OCH3 is 1. The molecule has 88 valence electrons. The zero-order valence-corrected chi connectivity index (χ0v) is 9.97. The molecular formula is C11H18N4O. The first-order valence-electron chi connectivity index (χ1n) is 5.66. The Bertz CT molecular complexity index is 376. The van der Waals surface area contributed by atoms with E-state index in [1.807, 2.05) is 0 Å². The molecule has 0 aromatic carbocycles. The van der Waals surface area contributed by atoms with Crippen LogP contribution in [0.25, 0.3) is 0 Å². The van der Waals surface area contributed by atoms with Crippen LogP contribution in [0.3, 0.4) is 0 Å². The molecule has 1 aromatic heterocycles. The van der Waals surface area contributed by atoms with Crippen molar-refractivity contribution in [2.24, 2.45) is 5.92 Å². The van der Waals surface area contributed by atoms with Gasteiger partial charge in [-0.2, -0.15) is 9.97 Å². The molecule has 16 heavy (non-hydrogen) atoms. The topological polar surface area (TPSA) is 73.9 Å². The van der Waals surface area contributed by atoms with Crippen LogP contribution >= 0.6 is 0 Å². The van der Waals surface area contributed by atoms with Crippen molar-refractivity contribution < 1.29 is 4.74 Å². The summed E-state index contributed by atoms with van der Waals surface area (Å²) in [5.41, 5.74) is 5.70. The maximum atomic E-state index is 5.70. The number of hydrogen-bond acceptors (Lipinski definition) is 5. The van der Waals surface area contributed by atoms with Gasteiger partial charge in [-0.25, -0.2) is 4.98 Å². The van der Waals surface area contributed by atoms with Crippen molar-refractivity contribution in [3.8, 4) is 0 Å². The second-order valence-electron chi connectivity index (χ2n) is 4.58. The number of nitrogen functional groups attached to an aromatic ring is 1. The van der Waals surface area contributed by atoms with E-state index in [9.17, 15) is 0 Å². The quantitative estimate of drug-likeness (QED) is 0.838. The van der Waals surface area contributed by atoms with Crippen LogP contribution in [0.4, 0.5) is 5.95 Å². The molecule has 0 saturated heterocycles. The standard InChI is InChI=1S/C11H18N4O/c1-6(2)8(16-3)10-13-9(7-4-5-7)14-11(12)15-10/h6-8H,4-5H2,1-3H3,(H2,12,13,14,15). The minimum absolute atomic E-state index is 0.109. The van der Waals surface area contributed by atoms with Crippen LogP contribution in [-0.2, 0) is 4.74 Å². The van der Waals surface area contributed by atoms with Gasteiger partial charge in [0.15, 0.2) is 5.82 Å². The van der Waals surface area contributed by atoms with E-state index in [1.165, 1.54) is 0 Å². The number of rotatable bonds is 4. The highest BCUT2D eigenvalue weighted by Gasteiger charge is 2.29. The summed E-state index contributed by atoms with van der Waals surface area (Å²) in [4.78, 5) is 12.8. The molecule has 0 amide bonds. The average Bonchev–Trinajstić information content (AvgIpc) is 3.00. The summed E-state index contributed by atoms with van der Waals surface area (Å²) in [7, 11) is 1.67. The van der Waals surface area contributed by atoms with Crippen LogP contribution in [0, 0.1) is 5.92 Å². The number of nitrogens with two attached hydrogens (primary N) is 1. The second kappa shape index (κ2) is 4.33. The summed E-state index contributed by atoms with van der Waals surface area (Å²) in [6.07, 6.45) is 2.20. The van der Waals surface area contributed by atoms with E-state index in [2.05, 4.69) is 28.8 Å². The van der Waals surface area contributed by atoms with Crippen molar-refractivity contribution in [1.29, 1.82) is 0 Å². The maximum Gasteiger partial charge on any atom is 0.223 e. The molecule has 1 saturated carbocycles. The van der Waals surface area contributed by atoms with Gasteiger partial charge in [0.05, 0.1) is 0 Å². The van der Waals surface area contributed by atoms with Crippen LogP contribution < -0.4 is 5.73 Å². The first kappa shape index (κ1) is 11.3.